The first kappa shape index (κ1) is 18.9. The lowest BCUT2D eigenvalue weighted by Crippen LogP contribution is -2.20. The van der Waals surface area contributed by atoms with Gasteiger partial charge in [-0.25, -0.2) is 4.68 Å². The summed E-state index contributed by atoms with van der Waals surface area (Å²) in [4.78, 5) is 22.5. The maximum absolute atomic E-state index is 12.1. The summed E-state index contributed by atoms with van der Waals surface area (Å²) >= 11 is 0. The number of methoxy groups -OCH3 is 1. The van der Waals surface area contributed by atoms with Crippen LogP contribution in [0.15, 0.2) is 54.7 Å². The maximum Gasteiger partial charge on any atom is 0.270 e. The standard InChI is InChI=1S/C19H19N5O4/c1-20-19(25)17-11-15(24(26)27)5-8-18(17)21-12-13-9-10-23(22-13)14-3-6-16(28-2)7-4-14/h3-11,21H,12H2,1-2H3,(H,20,25). The molecule has 0 aliphatic carbocycles. The minimum atomic E-state index is -0.535. The van der Waals surface area contributed by atoms with Gasteiger partial charge in [0.05, 0.1) is 35.5 Å². The van der Waals surface area contributed by atoms with Crippen LogP contribution in [0.1, 0.15) is 16.1 Å². The van der Waals surface area contributed by atoms with Gasteiger partial charge in [-0.1, -0.05) is 0 Å². The van der Waals surface area contributed by atoms with Crippen molar-refractivity contribution >= 4 is 17.3 Å². The maximum atomic E-state index is 12.1. The lowest BCUT2D eigenvalue weighted by Gasteiger charge is -2.10. The van der Waals surface area contributed by atoms with E-state index in [1.165, 1.54) is 25.2 Å². The topological polar surface area (TPSA) is 111 Å². The van der Waals surface area contributed by atoms with Crippen LogP contribution in [-0.2, 0) is 6.54 Å². The average Bonchev–Trinajstić information content (AvgIpc) is 3.20. The number of hydrogen-bond acceptors (Lipinski definition) is 6. The minimum Gasteiger partial charge on any atom is -0.497 e. The molecule has 144 valence electrons. The van der Waals surface area contributed by atoms with Gasteiger partial charge in [0.1, 0.15) is 5.75 Å². The van der Waals surface area contributed by atoms with Gasteiger partial charge in [0.2, 0.25) is 0 Å². The molecule has 0 fully saturated rings. The van der Waals surface area contributed by atoms with E-state index in [1.807, 2.05) is 36.5 Å². The van der Waals surface area contributed by atoms with Crippen molar-refractivity contribution < 1.29 is 14.5 Å². The first-order valence-corrected chi connectivity index (χ1v) is 8.45. The molecule has 0 aliphatic heterocycles. The third kappa shape index (κ3) is 4.09. The van der Waals surface area contributed by atoms with Gasteiger partial charge >= 0.3 is 0 Å². The second-order valence-corrected chi connectivity index (χ2v) is 5.87. The number of carbonyl (C=O) groups excluding carboxylic acids is 1. The van der Waals surface area contributed by atoms with E-state index in [0.717, 1.165) is 17.1 Å². The number of benzene rings is 2. The Morgan fingerprint density at radius 3 is 2.61 bits per heavy atom. The fourth-order valence-electron chi connectivity index (χ4n) is 2.64. The number of aromatic nitrogens is 2. The number of ether oxygens (including phenoxy) is 1. The third-order valence-corrected chi connectivity index (χ3v) is 4.13. The van der Waals surface area contributed by atoms with Crippen molar-refractivity contribution in [1.82, 2.24) is 15.1 Å². The molecule has 2 N–H and O–H groups in total. The highest BCUT2D eigenvalue weighted by Gasteiger charge is 2.16. The second-order valence-electron chi connectivity index (χ2n) is 5.87. The van der Waals surface area contributed by atoms with Gasteiger partial charge in [0.15, 0.2) is 0 Å². The molecule has 0 unspecified atom stereocenters. The molecule has 0 bridgehead atoms. The first-order chi connectivity index (χ1) is 13.5. The number of nitro benzene ring substituents is 1. The van der Waals surface area contributed by atoms with Gasteiger partial charge in [-0.05, 0) is 36.4 Å². The van der Waals surface area contributed by atoms with Crippen LogP contribution in [0.5, 0.6) is 5.75 Å². The summed E-state index contributed by atoms with van der Waals surface area (Å²) in [6, 6.07) is 13.4. The number of nitrogens with zero attached hydrogens (tertiary/aromatic N) is 3. The van der Waals surface area contributed by atoms with Crippen LogP contribution in [-0.4, -0.2) is 34.8 Å². The number of carbonyl (C=O) groups is 1. The second kappa shape index (κ2) is 8.21. The largest absolute Gasteiger partial charge is 0.497 e. The van der Waals surface area contributed by atoms with E-state index >= 15 is 0 Å². The van der Waals surface area contributed by atoms with Crippen LogP contribution in [0.2, 0.25) is 0 Å². The van der Waals surface area contributed by atoms with E-state index in [0.29, 0.717) is 12.2 Å². The van der Waals surface area contributed by atoms with Crippen LogP contribution in [0.3, 0.4) is 0 Å². The Morgan fingerprint density at radius 1 is 1.21 bits per heavy atom. The number of non-ortho nitro benzene ring substituents is 1. The number of amides is 1. The summed E-state index contributed by atoms with van der Waals surface area (Å²) in [5.74, 6) is 0.354. The highest BCUT2D eigenvalue weighted by atomic mass is 16.6. The number of anilines is 1. The quantitative estimate of drug-likeness (QED) is 0.481. The summed E-state index contributed by atoms with van der Waals surface area (Å²) in [5, 5.41) is 21.1. The van der Waals surface area contributed by atoms with Crippen molar-refractivity contribution in [3.05, 3.63) is 76.1 Å². The molecule has 0 atom stereocenters. The zero-order valence-corrected chi connectivity index (χ0v) is 15.4. The zero-order chi connectivity index (χ0) is 20.1. The zero-order valence-electron chi connectivity index (χ0n) is 15.4. The van der Waals surface area contributed by atoms with Crippen molar-refractivity contribution in [3.63, 3.8) is 0 Å². The Balaban J connectivity index is 1.76. The van der Waals surface area contributed by atoms with Crippen LogP contribution in [0.25, 0.3) is 5.69 Å². The number of rotatable bonds is 7. The number of nitrogens with one attached hydrogen (secondary N) is 2. The van der Waals surface area contributed by atoms with Crippen LogP contribution >= 0.6 is 0 Å². The van der Waals surface area contributed by atoms with Crippen molar-refractivity contribution in [2.45, 2.75) is 6.54 Å². The third-order valence-electron chi connectivity index (χ3n) is 4.13. The van der Waals surface area contributed by atoms with Crippen LogP contribution in [0.4, 0.5) is 11.4 Å². The number of hydrogen-bond donors (Lipinski definition) is 2. The lowest BCUT2D eigenvalue weighted by molar-refractivity contribution is -0.384. The predicted molar refractivity (Wildman–Crippen MR) is 104 cm³/mol. The molecular formula is C19H19N5O4. The van der Waals surface area contributed by atoms with Gasteiger partial charge < -0.3 is 15.4 Å². The van der Waals surface area contributed by atoms with Crippen molar-refractivity contribution in [2.24, 2.45) is 0 Å². The van der Waals surface area contributed by atoms with Crippen molar-refractivity contribution in [3.8, 4) is 11.4 Å². The molecule has 9 heteroatoms. The molecule has 0 aliphatic rings. The molecule has 1 amide bonds. The van der Waals surface area contributed by atoms with E-state index in [4.69, 9.17) is 4.74 Å². The highest BCUT2D eigenvalue weighted by Crippen LogP contribution is 2.23. The first-order valence-electron chi connectivity index (χ1n) is 8.45. The van der Waals surface area contributed by atoms with Gasteiger partial charge in [-0.3, -0.25) is 14.9 Å². The molecule has 9 nitrogen and oxygen atoms in total. The molecule has 0 spiro atoms. The SMILES string of the molecule is CNC(=O)c1cc([N+](=O)[O-])ccc1NCc1ccn(-c2ccc(OC)cc2)n1. The van der Waals surface area contributed by atoms with Crippen molar-refractivity contribution in [1.29, 1.82) is 0 Å². The molecule has 0 saturated heterocycles. The molecule has 2 aromatic carbocycles. The Morgan fingerprint density at radius 2 is 1.96 bits per heavy atom. The minimum absolute atomic E-state index is 0.145. The van der Waals surface area contributed by atoms with Crippen LogP contribution in [0, 0.1) is 10.1 Å². The Labute approximate surface area is 161 Å². The van der Waals surface area contributed by atoms with Gasteiger partial charge in [-0.15, -0.1) is 0 Å². The van der Waals surface area contributed by atoms with Crippen molar-refractivity contribution in [2.75, 3.05) is 19.5 Å². The van der Waals surface area contributed by atoms with Crippen LogP contribution < -0.4 is 15.4 Å². The molecule has 0 radical (unpaired) electrons. The highest BCUT2D eigenvalue weighted by molar-refractivity contribution is 6.00. The summed E-state index contributed by atoms with van der Waals surface area (Å²) in [5.41, 5.74) is 2.17. The van der Waals surface area contributed by atoms with E-state index < -0.39 is 10.8 Å². The molecule has 28 heavy (non-hydrogen) atoms. The fourth-order valence-corrected chi connectivity index (χ4v) is 2.64. The Kier molecular flexibility index (Phi) is 5.54. The molecular weight excluding hydrogens is 362 g/mol. The average molecular weight is 381 g/mol. The number of nitro groups is 1. The molecule has 3 rings (SSSR count). The Bertz CT molecular complexity index is 998. The molecule has 3 aromatic rings. The summed E-state index contributed by atoms with van der Waals surface area (Å²) in [6.45, 7) is 0.352. The summed E-state index contributed by atoms with van der Waals surface area (Å²) < 4.78 is 6.87. The smallest absolute Gasteiger partial charge is 0.270 e. The normalized spacial score (nSPS) is 10.4. The van der Waals surface area contributed by atoms with E-state index in [-0.39, 0.29) is 11.3 Å². The van der Waals surface area contributed by atoms with Gasteiger partial charge in [-0.2, -0.15) is 5.10 Å². The monoisotopic (exact) mass is 381 g/mol. The van der Waals surface area contributed by atoms with Gasteiger partial charge in [0, 0.05) is 31.1 Å². The predicted octanol–water partition coefficient (Wildman–Crippen LogP) is 2.76. The Hall–Kier alpha value is -3.88. The van der Waals surface area contributed by atoms with Gasteiger partial charge in [0.25, 0.3) is 11.6 Å². The molecule has 1 heterocycles. The van der Waals surface area contributed by atoms with E-state index in [1.54, 1.807) is 11.8 Å². The molecule has 1 aromatic heterocycles. The summed E-state index contributed by atoms with van der Waals surface area (Å²) in [6.07, 6.45) is 1.83. The van der Waals surface area contributed by atoms with E-state index in [9.17, 15) is 14.9 Å². The van der Waals surface area contributed by atoms with E-state index in [2.05, 4.69) is 15.7 Å². The molecule has 0 saturated carbocycles. The lowest BCUT2D eigenvalue weighted by atomic mass is 10.1. The fraction of sp³-hybridized carbons (Fsp3) is 0.158. The summed E-state index contributed by atoms with van der Waals surface area (Å²) in [7, 11) is 3.08.